The molecular weight excluding hydrogens is 406 g/mol. The molecule has 0 radical (unpaired) electrons. The van der Waals surface area contributed by atoms with Gasteiger partial charge in [-0.05, 0) is 46.2 Å². The first-order chi connectivity index (χ1) is 15.1. The highest BCUT2D eigenvalue weighted by atomic mass is 16.6. The van der Waals surface area contributed by atoms with E-state index < -0.39 is 28.9 Å². The highest BCUT2D eigenvalue weighted by Gasteiger charge is 2.60. The number of benzene rings is 2. The Bertz CT molecular complexity index is 1050. The molecule has 0 saturated carbocycles. The Kier molecular flexibility index (Phi) is 6.63. The predicted octanol–water partition coefficient (Wildman–Crippen LogP) is 4.56. The third-order valence-electron chi connectivity index (χ3n) is 5.28. The van der Waals surface area contributed by atoms with Crippen LogP contribution in [0.15, 0.2) is 59.6 Å². The quantitative estimate of drug-likeness (QED) is 0.596. The van der Waals surface area contributed by atoms with Crippen molar-refractivity contribution in [2.45, 2.75) is 52.1 Å². The second kappa shape index (κ2) is 9.07. The number of esters is 2. The average Bonchev–Trinajstić information content (AvgIpc) is 3.07. The largest absolute Gasteiger partial charge is 0.465 e. The number of para-hydroxylation sites is 1. The summed E-state index contributed by atoms with van der Waals surface area (Å²) in [5, 5.41) is 0. The van der Waals surface area contributed by atoms with Gasteiger partial charge in [-0.3, -0.25) is 14.6 Å². The van der Waals surface area contributed by atoms with Crippen molar-refractivity contribution in [3.05, 3.63) is 65.7 Å². The maximum atomic E-state index is 13.8. The molecule has 6 nitrogen and oxygen atoms in total. The van der Waals surface area contributed by atoms with Crippen LogP contribution in [0.4, 0.5) is 5.69 Å². The van der Waals surface area contributed by atoms with Crippen molar-refractivity contribution in [3.63, 3.8) is 0 Å². The Balaban J connectivity index is 2.34. The predicted molar refractivity (Wildman–Crippen MR) is 122 cm³/mol. The summed E-state index contributed by atoms with van der Waals surface area (Å²) in [6.45, 7) is 8.48. The van der Waals surface area contributed by atoms with Gasteiger partial charge in [0.1, 0.15) is 11.4 Å². The second-order valence-electron chi connectivity index (χ2n) is 8.86. The number of hydrogen-bond acceptors (Lipinski definition) is 6. The Morgan fingerprint density at radius 2 is 1.62 bits per heavy atom. The zero-order chi connectivity index (χ0) is 23.5. The van der Waals surface area contributed by atoms with Crippen molar-refractivity contribution < 1.29 is 23.9 Å². The molecule has 0 saturated heterocycles. The van der Waals surface area contributed by atoms with Gasteiger partial charge in [0.15, 0.2) is 5.41 Å². The SMILES string of the molecule is CCOC(=O)[C@@]1([C@H](CC(C)=O)C(=O)OC(C)(C)C)C(c2ccccc2)=Nc2ccccc21. The normalized spacial score (nSPS) is 18.3. The molecule has 168 valence electrons. The van der Waals surface area contributed by atoms with Gasteiger partial charge in [0.05, 0.1) is 23.9 Å². The van der Waals surface area contributed by atoms with Crippen LogP contribution in [0.2, 0.25) is 0 Å². The minimum absolute atomic E-state index is 0.117. The number of Topliss-reactive ketones (excluding diaryl/α,β-unsaturated/α-hetero) is 1. The molecule has 0 bridgehead atoms. The van der Waals surface area contributed by atoms with Crippen LogP contribution in [0.5, 0.6) is 0 Å². The van der Waals surface area contributed by atoms with Gasteiger partial charge >= 0.3 is 11.9 Å². The molecule has 0 aromatic heterocycles. The standard InChI is InChI=1S/C26H29NO5/c1-6-31-24(30)26(20(16-17(2)28)23(29)32-25(3,4)5)19-14-10-11-15-21(19)27-22(26)18-12-8-7-9-13-18/h7-15,20H,6,16H2,1-5H3/t20-,26+/m1/s1. The topological polar surface area (TPSA) is 82.0 Å². The summed E-state index contributed by atoms with van der Waals surface area (Å²) in [5.74, 6) is -2.63. The second-order valence-corrected chi connectivity index (χ2v) is 8.86. The van der Waals surface area contributed by atoms with E-state index in [2.05, 4.69) is 0 Å². The highest BCUT2D eigenvalue weighted by molar-refractivity contribution is 6.25. The van der Waals surface area contributed by atoms with E-state index in [0.717, 1.165) is 0 Å². The summed E-state index contributed by atoms with van der Waals surface area (Å²) in [4.78, 5) is 44.5. The van der Waals surface area contributed by atoms with Gasteiger partial charge < -0.3 is 14.3 Å². The molecule has 0 amide bonds. The smallest absolute Gasteiger partial charge is 0.323 e. The maximum Gasteiger partial charge on any atom is 0.323 e. The van der Waals surface area contributed by atoms with Crippen LogP contribution >= 0.6 is 0 Å². The van der Waals surface area contributed by atoms with Crippen LogP contribution in [0.1, 0.15) is 52.2 Å². The van der Waals surface area contributed by atoms with Crippen molar-refractivity contribution in [1.82, 2.24) is 0 Å². The number of nitrogens with zero attached hydrogens (tertiary/aromatic N) is 1. The molecule has 32 heavy (non-hydrogen) atoms. The van der Waals surface area contributed by atoms with Crippen LogP contribution in [0.3, 0.4) is 0 Å². The molecule has 0 spiro atoms. The molecule has 2 aromatic carbocycles. The van der Waals surface area contributed by atoms with E-state index in [1.165, 1.54) is 6.92 Å². The first-order valence-corrected chi connectivity index (χ1v) is 10.7. The minimum Gasteiger partial charge on any atom is -0.465 e. The lowest BCUT2D eigenvalue weighted by atomic mass is 9.64. The average molecular weight is 436 g/mol. The van der Waals surface area contributed by atoms with E-state index in [0.29, 0.717) is 22.5 Å². The molecule has 1 aliphatic heterocycles. The summed E-state index contributed by atoms with van der Waals surface area (Å²) in [5.41, 5.74) is -0.249. The van der Waals surface area contributed by atoms with E-state index in [9.17, 15) is 14.4 Å². The van der Waals surface area contributed by atoms with Gasteiger partial charge in [-0.15, -0.1) is 0 Å². The van der Waals surface area contributed by atoms with Gasteiger partial charge in [-0.2, -0.15) is 0 Å². The number of ketones is 1. The fourth-order valence-corrected chi connectivity index (χ4v) is 4.15. The Hall–Kier alpha value is -3.28. The minimum atomic E-state index is -1.61. The third-order valence-corrected chi connectivity index (χ3v) is 5.28. The maximum absolute atomic E-state index is 13.8. The van der Waals surface area contributed by atoms with E-state index in [1.54, 1.807) is 45.9 Å². The first kappa shape index (κ1) is 23.4. The fourth-order valence-electron chi connectivity index (χ4n) is 4.15. The summed E-state index contributed by atoms with van der Waals surface area (Å²) < 4.78 is 11.3. The van der Waals surface area contributed by atoms with Crippen molar-refractivity contribution in [2.75, 3.05) is 6.61 Å². The van der Waals surface area contributed by atoms with Crippen molar-refractivity contribution >= 4 is 29.1 Å². The molecule has 2 aromatic rings. The van der Waals surface area contributed by atoms with Crippen molar-refractivity contribution in [3.8, 4) is 0 Å². The van der Waals surface area contributed by atoms with Gasteiger partial charge in [-0.1, -0.05) is 48.5 Å². The zero-order valence-electron chi connectivity index (χ0n) is 19.2. The van der Waals surface area contributed by atoms with Gasteiger partial charge in [-0.25, -0.2) is 0 Å². The van der Waals surface area contributed by atoms with E-state index >= 15 is 0 Å². The Morgan fingerprint density at radius 3 is 2.22 bits per heavy atom. The molecule has 6 heteroatoms. The third kappa shape index (κ3) is 4.35. The fraction of sp³-hybridized carbons (Fsp3) is 0.385. The number of aliphatic imine (C=N–C) groups is 1. The van der Waals surface area contributed by atoms with Gasteiger partial charge in [0.2, 0.25) is 0 Å². The zero-order valence-corrected chi connectivity index (χ0v) is 19.2. The Labute approximate surface area is 188 Å². The van der Waals surface area contributed by atoms with Crippen LogP contribution < -0.4 is 0 Å². The van der Waals surface area contributed by atoms with Crippen molar-refractivity contribution in [2.24, 2.45) is 10.9 Å². The molecule has 0 fully saturated rings. The molecule has 3 rings (SSSR count). The number of hydrogen-bond donors (Lipinski definition) is 0. The number of fused-ring (bicyclic) bond motifs is 1. The molecule has 0 N–H and O–H groups in total. The summed E-state index contributed by atoms with van der Waals surface area (Å²) in [6, 6.07) is 16.4. The van der Waals surface area contributed by atoms with Crippen LogP contribution in [0.25, 0.3) is 0 Å². The molecular formula is C26H29NO5. The van der Waals surface area contributed by atoms with E-state index in [4.69, 9.17) is 14.5 Å². The summed E-state index contributed by atoms with van der Waals surface area (Å²) in [7, 11) is 0. The van der Waals surface area contributed by atoms with E-state index in [-0.39, 0.29) is 18.8 Å². The van der Waals surface area contributed by atoms with Gasteiger partial charge in [0.25, 0.3) is 0 Å². The number of ether oxygens (including phenoxy) is 2. The van der Waals surface area contributed by atoms with Crippen LogP contribution in [-0.4, -0.2) is 35.6 Å². The lowest BCUT2D eigenvalue weighted by molar-refractivity contribution is -0.168. The lowest BCUT2D eigenvalue weighted by Gasteiger charge is -2.37. The molecule has 2 atom stereocenters. The van der Waals surface area contributed by atoms with Crippen LogP contribution in [-0.2, 0) is 29.3 Å². The highest BCUT2D eigenvalue weighted by Crippen LogP contribution is 2.49. The van der Waals surface area contributed by atoms with Gasteiger partial charge in [0, 0.05) is 12.0 Å². The molecule has 1 aliphatic rings. The monoisotopic (exact) mass is 435 g/mol. The molecule has 0 aliphatic carbocycles. The molecule has 0 unspecified atom stereocenters. The number of carbonyl (C=O) groups is 3. The number of rotatable bonds is 7. The van der Waals surface area contributed by atoms with Crippen LogP contribution in [0, 0.1) is 5.92 Å². The van der Waals surface area contributed by atoms with Crippen molar-refractivity contribution in [1.29, 1.82) is 0 Å². The number of carbonyl (C=O) groups excluding carboxylic acids is 3. The lowest BCUT2D eigenvalue weighted by Crippen LogP contribution is -2.54. The Morgan fingerprint density at radius 1 is 1.00 bits per heavy atom. The molecule has 1 heterocycles. The first-order valence-electron chi connectivity index (χ1n) is 10.7. The summed E-state index contributed by atoms with van der Waals surface area (Å²) >= 11 is 0. The summed E-state index contributed by atoms with van der Waals surface area (Å²) in [6.07, 6.45) is -0.187. The van der Waals surface area contributed by atoms with E-state index in [1.807, 2.05) is 36.4 Å².